The summed E-state index contributed by atoms with van der Waals surface area (Å²) in [6, 6.07) is 10.6. The first-order chi connectivity index (χ1) is 9.82. The normalized spacial score (nSPS) is 11.2. The third-order valence-corrected chi connectivity index (χ3v) is 3.34. The monoisotopic (exact) mass is 285 g/mol. The third-order valence-electron chi connectivity index (χ3n) is 3.34. The molecule has 1 heterocycles. The average Bonchev–Trinajstić information content (AvgIpc) is 2.46. The van der Waals surface area contributed by atoms with Gasteiger partial charge in [0.15, 0.2) is 0 Å². The first-order valence-electron chi connectivity index (χ1n) is 6.75. The van der Waals surface area contributed by atoms with Gasteiger partial charge in [-0.15, -0.1) is 0 Å². The number of carbonyl (C=O) groups is 1. The summed E-state index contributed by atoms with van der Waals surface area (Å²) in [5.41, 5.74) is 2.11. The van der Waals surface area contributed by atoms with Crippen LogP contribution in [0.2, 0.25) is 0 Å². The largest absolute Gasteiger partial charge is 0.465 e. The van der Waals surface area contributed by atoms with Crippen LogP contribution in [0.3, 0.4) is 0 Å². The minimum atomic E-state index is -0.463. The summed E-state index contributed by atoms with van der Waals surface area (Å²) in [5.74, 6) is -0.463. The van der Waals surface area contributed by atoms with Crippen molar-refractivity contribution in [1.82, 2.24) is 4.57 Å². The molecule has 0 saturated carbocycles. The van der Waals surface area contributed by atoms with Crippen molar-refractivity contribution in [3.8, 4) is 5.69 Å². The number of nitrogens with zero attached hydrogens (tertiary/aromatic N) is 1. The Balaban J connectivity index is 2.47. The summed E-state index contributed by atoms with van der Waals surface area (Å²) in [4.78, 5) is 23.5. The van der Waals surface area contributed by atoms with Crippen LogP contribution in [0.25, 0.3) is 5.69 Å². The van der Waals surface area contributed by atoms with Crippen LogP contribution in [-0.2, 0) is 10.2 Å². The molecular weight excluding hydrogens is 266 g/mol. The molecule has 0 bridgehead atoms. The summed E-state index contributed by atoms with van der Waals surface area (Å²) in [7, 11) is 1.32. The first kappa shape index (κ1) is 15.0. The van der Waals surface area contributed by atoms with Gasteiger partial charge in [0.05, 0.1) is 12.7 Å². The van der Waals surface area contributed by atoms with E-state index in [0.717, 1.165) is 5.69 Å². The Hall–Kier alpha value is -2.36. The molecule has 1 aromatic heterocycles. The SMILES string of the molecule is COC(=O)c1ccc(=O)n(-c2ccc(C(C)(C)C)cc2)c1. The fraction of sp³-hybridized carbons (Fsp3) is 0.294. The smallest absolute Gasteiger partial charge is 0.339 e. The van der Waals surface area contributed by atoms with Gasteiger partial charge in [-0.2, -0.15) is 0 Å². The number of methoxy groups -OCH3 is 1. The van der Waals surface area contributed by atoms with Crippen LogP contribution in [0.5, 0.6) is 0 Å². The van der Waals surface area contributed by atoms with E-state index in [2.05, 4.69) is 25.5 Å². The number of pyridine rings is 1. The lowest BCUT2D eigenvalue weighted by molar-refractivity contribution is 0.0600. The van der Waals surface area contributed by atoms with Gasteiger partial charge in [-0.3, -0.25) is 9.36 Å². The van der Waals surface area contributed by atoms with Crippen molar-refractivity contribution >= 4 is 5.97 Å². The van der Waals surface area contributed by atoms with Crippen LogP contribution in [0.4, 0.5) is 0 Å². The molecule has 0 radical (unpaired) electrons. The standard InChI is InChI=1S/C17H19NO3/c1-17(2,3)13-6-8-14(9-7-13)18-11-12(16(20)21-4)5-10-15(18)19/h5-11H,1-4H3. The molecule has 2 rings (SSSR count). The van der Waals surface area contributed by atoms with Crippen LogP contribution in [-0.4, -0.2) is 17.6 Å². The molecular formula is C17H19NO3. The Kier molecular flexibility index (Phi) is 3.98. The van der Waals surface area contributed by atoms with E-state index in [1.807, 2.05) is 24.3 Å². The van der Waals surface area contributed by atoms with E-state index in [1.165, 1.54) is 35.6 Å². The predicted octanol–water partition coefficient (Wildman–Crippen LogP) is 2.92. The van der Waals surface area contributed by atoms with Crippen molar-refractivity contribution in [2.75, 3.05) is 7.11 Å². The Labute approximate surface area is 124 Å². The summed E-state index contributed by atoms with van der Waals surface area (Å²) < 4.78 is 6.12. The molecule has 0 atom stereocenters. The molecule has 1 aromatic carbocycles. The molecule has 21 heavy (non-hydrogen) atoms. The Morgan fingerprint density at radius 3 is 2.19 bits per heavy atom. The van der Waals surface area contributed by atoms with E-state index >= 15 is 0 Å². The van der Waals surface area contributed by atoms with Crippen LogP contribution < -0.4 is 5.56 Å². The average molecular weight is 285 g/mol. The number of aromatic nitrogens is 1. The molecule has 110 valence electrons. The highest BCUT2D eigenvalue weighted by Crippen LogP contribution is 2.22. The van der Waals surface area contributed by atoms with Gasteiger partial charge in [0.25, 0.3) is 5.56 Å². The van der Waals surface area contributed by atoms with Crippen LogP contribution in [0, 0.1) is 0 Å². The van der Waals surface area contributed by atoms with Crippen molar-refractivity contribution < 1.29 is 9.53 Å². The van der Waals surface area contributed by atoms with E-state index in [-0.39, 0.29) is 11.0 Å². The maximum Gasteiger partial charge on any atom is 0.339 e. The number of esters is 1. The molecule has 4 nitrogen and oxygen atoms in total. The minimum Gasteiger partial charge on any atom is -0.465 e. The minimum absolute atomic E-state index is 0.0529. The van der Waals surface area contributed by atoms with Crippen molar-refractivity contribution in [2.24, 2.45) is 0 Å². The zero-order valence-corrected chi connectivity index (χ0v) is 12.7. The molecule has 0 unspecified atom stereocenters. The summed E-state index contributed by atoms with van der Waals surface area (Å²) in [6.07, 6.45) is 1.50. The van der Waals surface area contributed by atoms with Crippen molar-refractivity contribution in [1.29, 1.82) is 0 Å². The molecule has 4 heteroatoms. The molecule has 0 amide bonds. The van der Waals surface area contributed by atoms with E-state index < -0.39 is 5.97 Å². The van der Waals surface area contributed by atoms with Crippen LogP contribution in [0.15, 0.2) is 47.4 Å². The fourth-order valence-corrected chi connectivity index (χ4v) is 2.05. The van der Waals surface area contributed by atoms with Crippen LogP contribution in [0.1, 0.15) is 36.7 Å². The first-order valence-corrected chi connectivity index (χ1v) is 6.75. The highest BCUT2D eigenvalue weighted by Gasteiger charge is 2.14. The lowest BCUT2D eigenvalue weighted by Crippen LogP contribution is -2.19. The Morgan fingerprint density at radius 2 is 1.67 bits per heavy atom. The number of carbonyl (C=O) groups excluding carboxylic acids is 1. The lowest BCUT2D eigenvalue weighted by Gasteiger charge is -2.19. The maximum absolute atomic E-state index is 12.0. The Bertz CT molecular complexity index is 706. The van der Waals surface area contributed by atoms with E-state index in [4.69, 9.17) is 0 Å². The van der Waals surface area contributed by atoms with Gasteiger partial charge < -0.3 is 4.74 Å². The quantitative estimate of drug-likeness (QED) is 0.797. The molecule has 0 spiro atoms. The molecule has 0 aliphatic carbocycles. The third kappa shape index (κ3) is 3.21. The van der Waals surface area contributed by atoms with Crippen molar-refractivity contribution in [3.63, 3.8) is 0 Å². The van der Waals surface area contributed by atoms with Gasteiger partial charge in [-0.1, -0.05) is 32.9 Å². The highest BCUT2D eigenvalue weighted by atomic mass is 16.5. The zero-order chi connectivity index (χ0) is 15.6. The summed E-state index contributed by atoms with van der Waals surface area (Å²) in [6.45, 7) is 6.39. The molecule has 0 saturated heterocycles. The van der Waals surface area contributed by atoms with Crippen LogP contribution >= 0.6 is 0 Å². The number of hydrogen-bond acceptors (Lipinski definition) is 3. The van der Waals surface area contributed by atoms with E-state index in [0.29, 0.717) is 5.56 Å². The predicted molar refractivity (Wildman–Crippen MR) is 82.1 cm³/mol. The number of benzene rings is 1. The molecule has 2 aromatic rings. The van der Waals surface area contributed by atoms with Crippen molar-refractivity contribution in [2.45, 2.75) is 26.2 Å². The van der Waals surface area contributed by atoms with Gasteiger partial charge in [-0.05, 0) is 29.2 Å². The maximum atomic E-state index is 12.0. The van der Waals surface area contributed by atoms with Gasteiger partial charge >= 0.3 is 5.97 Å². The summed E-state index contributed by atoms with van der Waals surface area (Å²) in [5, 5.41) is 0. The number of ether oxygens (including phenoxy) is 1. The highest BCUT2D eigenvalue weighted by molar-refractivity contribution is 5.88. The molecule has 0 fully saturated rings. The van der Waals surface area contributed by atoms with Gasteiger partial charge in [0, 0.05) is 18.0 Å². The molecule has 0 N–H and O–H groups in total. The number of rotatable bonds is 2. The topological polar surface area (TPSA) is 48.3 Å². The second kappa shape index (κ2) is 5.56. The Morgan fingerprint density at radius 1 is 1.05 bits per heavy atom. The fourth-order valence-electron chi connectivity index (χ4n) is 2.05. The van der Waals surface area contributed by atoms with Crippen molar-refractivity contribution in [3.05, 3.63) is 64.1 Å². The van der Waals surface area contributed by atoms with Gasteiger partial charge in [0.2, 0.25) is 0 Å². The zero-order valence-electron chi connectivity index (χ0n) is 12.7. The van der Waals surface area contributed by atoms with Gasteiger partial charge in [0.1, 0.15) is 0 Å². The summed E-state index contributed by atoms with van der Waals surface area (Å²) >= 11 is 0. The second-order valence-electron chi connectivity index (χ2n) is 5.91. The van der Waals surface area contributed by atoms with Gasteiger partial charge in [-0.25, -0.2) is 4.79 Å². The molecule has 0 aliphatic heterocycles. The number of hydrogen-bond donors (Lipinski definition) is 0. The second-order valence-corrected chi connectivity index (χ2v) is 5.91. The van der Waals surface area contributed by atoms with E-state index in [9.17, 15) is 9.59 Å². The lowest BCUT2D eigenvalue weighted by atomic mass is 9.87. The van der Waals surface area contributed by atoms with E-state index in [1.54, 1.807) is 0 Å². The molecule has 0 aliphatic rings.